The van der Waals surface area contributed by atoms with Gasteiger partial charge in [-0.15, -0.1) is 0 Å². The number of hydrogen-bond acceptors (Lipinski definition) is 4. The molecule has 1 aliphatic rings. The van der Waals surface area contributed by atoms with E-state index in [1.807, 2.05) is 20.2 Å². The summed E-state index contributed by atoms with van der Waals surface area (Å²) in [6, 6.07) is 6.17. The van der Waals surface area contributed by atoms with E-state index in [2.05, 4.69) is 29.3 Å². The Morgan fingerprint density at radius 1 is 1.26 bits per heavy atom. The highest BCUT2D eigenvalue weighted by Crippen LogP contribution is 2.30. The predicted molar refractivity (Wildman–Crippen MR) is 92.4 cm³/mol. The minimum Gasteiger partial charge on any atom is -0.478 e. The van der Waals surface area contributed by atoms with Crippen molar-refractivity contribution >= 4 is 29.2 Å². The molecule has 128 valence electrons. The van der Waals surface area contributed by atoms with Crippen LogP contribution in [0.2, 0.25) is 5.02 Å². The van der Waals surface area contributed by atoms with E-state index in [1.54, 1.807) is 0 Å². The molecule has 0 aliphatic carbocycles. The Balaban J connectivity index is 0.000000385. The van der Waals surface area contributed by atoms with Crippen molar-refractivity contribution in [2.75, 3.05) is 32.1 Å². The first-order valence-corrected chi connectivity index (χ1v) is 7.49. The van der Waals surface area contributed by atoms with E-state index in [1.165, 1.54) is 17.7 Å². The van der Waals surface area contributed by atoms with Crippen LogP contribution < -0.4 is 10.2 Å². The molecular weight excluding hydrogens is 320 g/mol. The molecular formula is C16H23ClN2O4. The van der Waals surface area contributed by atoms with Gasteiger partial charge in [-0.1, -0.05) is 17.7 Å². The predicted octanol–water partition coefficient (Wildman–Crippen LogP) is 2.27. The Bertz CT molecular complexity index is 531. The Kier molecular flexibility index (Phi) is 10.5. The van der Waals surface area contributed by atoms with Gasteiger partial charge in [-0.25, -0.2) is 9.59 Å². The minimum atomic E-state index is -1.26. The van der Waals surface area contributed by atoms with Crippen LogP contribution in [0.5, 0.6) is 0 Å². The topological polar surface area (TPSA) is 89.9 Å². The van der Waals surface area contributed by atoms with Crippen LogP contribution in [0.4, 0.5) is 5.69 Å². The molecule has 1 aliphatic heterocycles. The lowest BCUT2D eigenvalue weighted by Gasteiger charge is -2.16. The number of aliphatic carboxylic acids is 2. The van der Waals surface area contributed by atoms with Crippen LogP contribution in [0.25, 0.3) is 0 Å². The largest absolute Gasteiger partial charge is 0.478 e. The fourth-order valence-corrected chi connectivity index (χ4v) is 2.06. The van der Waals surface area contributed by atoms with Crippen LogP contribution in [0.1, 0.15) is 12.5 Å². The molecule has 0 spiro atoms. The monoisotopic (exact) mass is 342 g/mol. The zero-order valence-corrected chi connectivity index (χ0v) is 14.3. The molecule has 1 aromatic carbocycles. The van der Waals surface area contributed by atoms with Crippen molar-refractivity contribution in [3.8, 4) is 0 Å². The summed E-state index contributed by atoms with van der Waals surface area (Å²) in [6.45, 7) is 4.40. The Morgan fingerprint density at radius 2 is 1.78 bits per heavy atom. The lowest BCUT2D eigenvalue weighted by Crippen LogP contribution is -2.18. The maximum Gasteiger partial charge on any atom is 0.328 e. The SMILES string of the molecule is CCN1CCc2ccc(Cl)cc21.CNC.O=C(O)C=CC(=O)O. The second-order valence-corrected chi connectivity index (χ2v) is 5.05. The first kappa shape index (κ1) is 20.9. The fourth-order valence-electron chi connectivity index (χ4n) is 1.89. The molecule has 0 saturated carbocycles. The third-order valence-electron chi connectivity index (χ3n) is 2.79. The molecule has 0 radical (unpaired) electrons. The lowest BCUT2D eigenvalue weighted by atomic mass is 10.2. The van der Waals surface area contributed by atoms with E-state index in [-0.39, 0.29) is 0 Å². The van der Waals surface area contributed by atoms with E-state index in [0.717, 1.165) is 18.1 Å². The van der Waals surface area contributed by atoms with Crippen molar-refractivity contribution in [1.29, 1.82) is 0 Å². The molecule has 0 fully saturated rings. The number of nitrogens with zero attached hydrogens (tertiary/aromatic N) is 1. The number of anilines is 1. The summed E-state index contributed by atoms with van der Waals surface area (Å²) in [7, 11) is 3.75. The molecule has 23 heavy (non-hydrogen) atoms. The first-order valence-electron chi connectivity index (χ1n) is 7.11. The number of fused-ring (bicyclic) bond motifs is 1. The number of rotatable bonds is 3. The molecule has 2 rings (SSSR count). The number of hydrogen-bond donors (Lipinski definition) is 3. The number of carboxylic acid groups (broad SMARTS) is 2. The van der Waals surface area contributed by atoms with Gasteiger partial charge in [0.1, 0.15) is 0 Å². The van der Waals surface area contributed by atoms with Crippen molar-refractivity contribution in [1.82, 2.24) is 5.32 Å². The Labute approximate surface area is 141 Å². The van der Waals surface area contributed by atoms with Crippen LogP contribution in [0, 0.1) is 0 Å². The fraction of sp³-hybridized carbons (Fsp3) is 0.375. The van der Waals surface area contributed by atoms with Crippen LogP contribution in [0.15, 0.2) is 30.4 Å². The van der Waals surface area contributed by atoms with E-state index in [0.29, 0.717) is 12.2 Å². The summed E-state index contributed by atoms with van der Waals surface area (Å²) in [5.41, 5.74) is 2.76. The van der Waals surface area contributed by atoms with Crippen LogP contribution in [0.3, 0.4) is 0 Å². The van der Waals surface area contributed by atoms with Crippen molar-refractivity contribution in [2.24, 2.45) is 0 Å². The smallest absolute Gasteiger partial charge is 0.328 e. The van der Waals surface area contributed by atoms with Crippen molar-refractivity contribution in [2.45, 2.75) is 13.3 Å². The summed E-state index contributed by atoms with van der Waals surface area (Å²) < 4.78 is 0. The molecule has 1 aromatic rings. The highest BCUT2D eigenvalue weighted by Gasteiger charge is 2.16. The van der Waals surface area contributed by atoms with Gasteiger partial charge < -0.3 is 20.4 Å². The van der Waals surface area contributed by atoms with Gasteiger partial charge >= 0.3 is 11.9 Å². The first-order chi connectivity index (χ1) is 10.8. The Morgan fingerprint density at radius 3 is 2.22 bits per heavy atom. The van der Waals surface area contributed by atoms with Gasteiger partial charge in [0.15, 0.2) is 0 Å². The average molecular weight is 343 g/mol. The van der Waals surface area contributed by atoms with Crippen LogP contribution in [-0.4, -0.2) is 49.3 Å². The average Bonchev–Trinajstić information content (AvgIpc) is 2.88. The van der Waals surface area contributed by atoms with Crippen molar-refractivity contribution in [3.63, 3.8) is 0 Å². The molecule has 0 bridgehead atoms. The van der Waals surface area contributed by atoms with Gasteiger partial charge in [-0.05, 0) is 45.1 Å². The summed E-state index contributed by atoms with van der Waals surface area (Å²) in [5.74, 6) is -2.51. The highest BCUT2D eigenvalue weighted by atomic mass is 35.5. The molecule has 1 heterocycles. The second-order valence-electron chi connectivity index (χ2n) is 4.61. The van der Waals surface area contributed by atoms with E-state index in [9.17, 15) is 9.59 Å². The van der Waals surface area contributed by atoms with Gasteiger partial charge in [0.25, 0.3) is 0 Å². The van der Waals surface area contributed by atoms with Gasteiger partial charge in [0, 0.05) is 36.0 Å². The number of carbonyl (C=O) groups is 2. The summed E-state index contributed by atoms with van der Waals surface area (Å²) in [6.07, 6.45) is 2.28. The number of halogens is 1. The third-order valence-corrected chi connectivity index (χ3v) is 3.02. The summed E-state index contributed by atoms with van der Waals surface area (Å²) >= 11 is 5.92. The van der Waals surface area contributed by atoms with Crippen molar-refractivity contribution in [3.05, 3.63) is 40.9 Å². The second kappa shape index (κ2) is 11.5. The normalized spacial score (nSPS) is 11.9. The quantitative estimate of drug-likeness (QED) is 0.730. The molecule has 7 heteroatoms. The van der Waals surface area contributed by atoms with Crippen LogP contribution >= 0.6 is 11.6 Å². The number of benzene rings is 1. The summed E-state index contributed by atoms with van der Waals surface area (Å²) in [4.78, 5) is 21.5. The Hall–Kier alpha value is -2.05. The molecule has 0 amide bonds. The standard InChI is InChI=1S/C10H12ClN.C4H4O4.C2H7N/c1-2-12-6-5-8-3-4-9(11)7-10(8)12;5-3(6)1-2-4(7)8;1-3-2/h3-4,7H,2,5-6H2,1H3;1-2H,(H,5,6)(H,7,8);3H,1-2H3. The van der Waals surface area contributed by atoms with E-state index in [4.69, 9.17) is 21.8 Å². The maximum absolute atomic E-state index is 9.55. The van der Waals surface area contributed by atoms with Gasteiger partial charge in [0.05, 0.1) is 0 Å². The van der Waals surface area contributed by atoms with Gasteiger partial charge in [0.2, 0.25) is 0 Å². The van der Waals surface area contributed by atoms with Gasteiger partial charge in [-0.2, -0.15) is 0 Å². The molecule has 3 N–H and O–H groups in total. The molecule has 0 atom stereocenters. The zero-order chi connectivity index (χ0) is 17.8. The number of nitrogens with one attached hydrogen (secondary N) is 1. The number of carboxylic acids is 2. The molecule has 0 unspecified atom stereocenters. The van der Waals surface area contributed by atoms with E-state index >= 15 is 0 Å². The third kappa shape index (κ3) is 8.85. The van der Waals surface area contributed by atoms with Gasteiger partial charge in [-0.3, -0.25) is 0 Å². The molecule has 0 aromatic heterocycles. The highest BCUT2D eigenvalue weighted by molar-refractivity contribution is 6.30. The molecule has 0 saturated heterocycles. The maximum atomic E-state index is 9.55. The lowest BCUT2D eigenvalue weighted by molar-refractivity contribution is -0.134. The minimum absolute atomic E-state index is 0.558. The summed E-state index contributed by atoms with van der Waals surface area (Å²) in [5, 5.41) is 19.2. The van der Waals surface area contributed by atoms with E-state index < -0.39 is 11.9 Å². The van der Waals surface area contributed by atoms with Crippen molar-refractivity contribution < 1.29 is 19.8 Å². The number of likely N-dealkylation sites (N-methyl/N-ethyl adjacent to an activating group) is 1. The zero-order valence-electron chi connectivity index (χ0n) is 13.5. The molecule has 6 nitrogen and oxygen atoms in total. The van der Waals surface area contributed by atoms with Crippen LogP contribution in [-0.2, 0) is 16.0 Å².